The Balaban J connectivity index is 0.00000208. The fraction of sp³-hybridized carbons (Fsp3) is 0.167. The summed E-state index contributed by atoms with van der Waals surface area (Å²) < 4.78 is 13.2. The van der Waals surface area contributed by atoms with Crippen LogP contribution in [-0.4, -0.2) is 17.5 Å². The van der Waals surface area contributed by atoms with Crippen LogP contribution in [0.25, 0.3) is 10.9 Å². The second kappa shape index (κ2) is 8.14. The molecule has 2 aromatic carbocycles. The third-order valence-corrected chi connectivity index (χ3v) is 3.68. The molecule has 0 spiro atoms. The van der Waals surface area contributed by atoms with Crippen molar-refractivity contribution in [2.45, 2.75) is 13.3 Å². The number of aryl methyl sites for hydroxylation is 1. The van der Waals surface area contributed by atoms with Crippen LogP contribution < -0.4 is 11.1 Å². The summed E-state index contributed by atoms with van der Waals surface area (Å²) >= 11 is 0. The van der Waals surface area contributed by atoms with Crippen LogP contribution in [0, 0.1) is 12.7 Å². The molecule has 0 bridgehead atoms. The maximum Gasteiger partial charge on any atom is 0.193 e. The SMILES string of the molecule is Cc1cccc(NC(N)=NCCc2c[nH]c3cc(F)ccc23)c1.I. The van der Waals surface area contributed by atoms with Gasteiger partial charge in [-0.2, -0.15) is 0 Å². The van der Waals surface area contributed by atoms with Gasteiger partial charge in [0.15, 0.2) is 5.96 Å². The minimum Gasteiger partial charge on any atom is -0.370 e. The third kappa shape index (κ3) is 4.47. The standard InChI is InChI=1S/C18H19FN4.HI/c1-12-3-2-4-15(9-12)23-18(20)21-8-7-13-11-22-17-10-14(19)5-6-16(13)17;/h2-6,9-11,22H,7-8H2,1H3,(H3,20,21,23);1H. The maximum atomic E-state index is 13.2. The number of rotatable bonds is 4. The Labute approximate surface area is 157 Å². The molecule has 0 fully saturated rings. The minimum absolute atomic E-state index is 0. The van der Waals surface area contributed by atoms with Gasteiger partial charge in [-0.05, 0) is 54.8 Å². The second-order valence-corrected chi connectivity index (χ2v) is 5.52. The molecule has 1 heterocycles. The van der Waals surface area contributed by atoms with Gasteiger partial charge in [0.25, 0.3) is 0 Å². The predicted octanol–water partition coefficient (Wildman–Crippen LogP) is 4.20. The molecule has 0 aliphatic heterocycles. The van der Waals surface area contributed by atoms with E-state index in [2.05, 4.69) is 15.3 Å². The highest BCUT2D eigenvalue weighted by Crippen LogP contribution is 2.19. The zero-order valence-corrected chi connectivity index (χ0v) is 15.7. The number of aromatic amines is 1. The zero-order chi connectivity index (χ0) is 16.2. The largest absolute Gasteiger partial charge is 0.370 e. The van der Waals surface area contributed by atoms with Crippen molar-refractivity contribution in [1.29, 1.82) is 0 Å². The van der Waals surface area contributed by atoms with E-state index in [1.54, 1.807) is 6.07 Å². The van der Waals surface area contributed by atoms with Crippen LogP contribution >= 0.6 is 24.0 Å². The fourth-order valence-electron chi connectivity index (χ4n) is 2.57. The number of fused-ring (bicyclic) bond motifs is 1. The molecular formula is C18H20FIN4. The molecule has 0 amide bonds. The summed E-state index contributed by atoms with van der Waals surface area (Å²) in [6.07, 6.45) is 2.63. The normalized spacial score (nSPS) is 11.3. The average molecular weight is 438 g/mol. The maximum absolute atomic E-state index is 13.2. The van der Waals surface area contributed by atoms with Crippen LogP contribution in [0.4, 0.5) is 10.1 Å². The number of nitrogens with one attached hydrogen (secondary N) is 2. The first-order chi connectivity index (χ1) is 11.1. The lowest BCUT2D eigenvalue weighted by atomic mass is 10.1. The summed E-state index contributed by atoms with van der Waals surface area (Å²) in [6.45, 7) is 2.59. The van der Waals surface area contributed by atoms with Crippen LogP contribution in [0.15, 0.2) is 53.7 Å². The Morgan fingerprint density at radius 3 is 2.88 bits per heavy atom. The smallest absolute Gasteiger partial charge is 0.193 e. The molecule has 0 radical (unpaired) electrons. The Kier molecular flexibility index (Phi) is 6.19. The zero-order valence-electron chi connectivity index (χ0n) is 13.3. The molecular weight excluding hydrogens is 418 g/mol. The molecule has 6 heteroatoms. The van der Waals surface area contributed by atoms with E-state index in [1.165, 1.54) is 12.1 Å². The number of hydrogen-bond donors (Lipinski definition) is 3. The summed E-state index contributed by atoms with van der Waals surface area (Å²) in [5.41, 5.74) is 9.90. The number of nitrogens with two attached hydrogens (primary N) is 1. The number of guanidine groups is 1. The number of aromatic nitrogens is 1. The highest BCUT2D eigenvalue weighted by Gasteiger charge is 2.04. The molecule has 0 saturated heterocycles. The van der Waals surface area contributed by atoms with E-state index in [0.29, 0.717) is 12.5 Å². The van der Waals surface area contributed by atoms with Crippen LogP contribution in [0.1, 0.15) is 11.1 Å². The number of H-pyrrole nitrogens is 1. The number of nitrogens with zero attached hydrogens (tertiary/aromatic N) is 1. The lowest BCUT2D eigenvalue weighted by Crippen LogP contribution is -2.23. The fourth-order valence-corrected chi connectivity index (χ4v) is 2.57. The molecule has 1 aromatic heterocycles. The molecule has 24 heavy (non-hydrogen) atoms. The van der Waals surface area contributed by atoms with Crippen LogP contribution in [0.2, 0.25) is 0 Å². The predicted molar refractivity (Wildman–Crippen MR) is 109 cm³/mol. The van der Waals surface area contributed by atoms with E-state index in [0.717, 1.165) is 34.1 Å². The van der Waals surface area contributed by atoms with Gasteiger partial charge < -0.3 is 16.0 Å². The summed E-state index contributed by atoms with van der Waals surface area (Å²) in [6, 6.07) is 12.7. The Morgan fingerprint density at radius 2 is 2.08 bits per heavy atom. The van der Waals surface area contributed by atoms with E-state index >= 15 is 0 Å². The highest BCUT2D eigenvalue weighted by molar-refractivity contribution is 14.0. The van der Waals surface area contributed by atoms with Gasteiger partial charge in [0.2, 0.25) is 0 Å². The van der Waals surface area contributed by atoms with Gasteiger partial charge in [0.05, 0.1) is 0 Å². The van der Waals surface area contributed by atoms with Gasteiger partial charge in [-0.15, -0.1) is 24.0 Å². The van der Waals surface area contributed by atoms with Gasteiger partial charge in [-0.1, -0.05) is 12.1 Å². The van der Waals surface area contributed by atoms with Crippen molar-refractivity contribution >= 4 is 46.5 Å². The summed E-state index contributed by atoms with van der Waals surface area (Å²) in [5.74, 6) is 0.150. The van der Waals surface area contributed by atoms with Crippen molar-refractivity contribution in [3.8, 4) is 0 Å². The van der Waals surface area contributed by atoms with E-state index in [-0.39, 0.29) is 29.8 Å². The average Bonchev–Trinajstić information content (AvgIpc) is 2.89. The van der Waals surface area contributed by atoms with E-state index in [9.17, 15) is 4.39 Å². The topological polar surface area (TPSA) is 66.2 Å². The van der Waals surface area contributed by atoms with Gasteiger partial charge in [0.1, 0.15) is 5.82 Å². The number of benzene rings is 2. The molecule has 4 N–H and O–H groups in total. The molecule has 126 valence electrons. The first-order valence-corrected chi connectivity index (χ1v) is 7.51. The van der Waals surface area contributed by atoms with E-state index in [4.69, 9.17) is 5.73 Å². The first-order valence-electron chi connectivity index (χ1n) is 7.51. The number of halogens is 2. The van der Waals surface area contributed by atoms with Crippen LogP contribution in [-0.2, 0) is 6.42 Å². The van der Waals surface area contributed by atoms with Gasteiger partial charge in [-0.25, -0.2) is 4.39 Å². The molecule has 0 aliphatic carbocycles. The summed E-state index contributed by atoms with van der Waals surface area (Å²) in [5, 5.41) is 4.10. The quantitative estimate of drug-likeness (QED) is 0.325. The second-order valence-electron chi connectivity index (χ2n) is 5.52. The van der Waals surface area contributed by atoms with Crippen molar-refractivity contribution in [2.75, 3.05) is 11.9 Å². The lowest BCUT2D eigenvalue weighted by Gasteiger charge is -2.06. The van der Waals surface area contributed by atoms with Crippen molar-refractivity contribution < 1.29 is 4.39 Å². The minimum atomic E-state index is -0.240. The van der Waals surface area contributed by atoms with Crippen molar-refractivity contribution in [3.63, 3.8) is 0 Å². The molecule has 0 aliphatic rings. The van der Waals surface area contributed by atoms with Gasteiger partial charge >= 0.3 is 0 Å². The molecule has 3 aromatic rings. The summed E-state index contributed by atoms with van der Waals surface area (Å²) in [4.78, 5) is 7.42. The Hall–Kier alpha value is -2.09. The molecule has 0 atom stereocenters. The molecule has 0 saturated carbocycles. The molecule has 4 nitrogen and oxygen atoms in total. The Bertz CT molecular complexity index is 857. The van der Waals surface area contributed by atoms with Crippen LogP contribution in [0.5, 0.6) is 0 Å². The third-order valence-electron chi connectivity index (χ3n) is 3.68. The summed E-state index contributed by atoms with van der Waals surface area (Å²) in [7, 11) is 0. The molecule has 0 unspecified atom stereocenters. The first kappa shape index (κ1) is 18.3. The van der Waals surface area contributed by atoms with Crippen molar-refractivity contribution in [2.24, 2.45) is 10.7 Å². The van der Waals surface area contributed by atoms with Crippen molar-refractivity contribution in [1.82, 2.24) is 4.98 Å². The van der Waals surface area contributed by atoms with E-state index < -0.39 is 0 Å². The van der Waals surface area contributed by atoms with E-state index in [1.807, 2.05) is 37.4 Å². The number of anilines is 1. The Morgan fingerprint density at radius 1 is 1.25 bits per heavy atom. The molecule has 3 rings (SSSR count). The monoisotopic (exact) mass is 438 g/mol. The lowest BCUT2D eigenvalue weighted by molar-refractivity contribution is 0.629. The van der Waals surface area contributed by atoms with Crippen molar-refractivity contribution in [3.05, 3.63) is 65.6 Å². The number of hydrogen-bond acceptors (Lipinski definition) is 1. The highest BCUT2D eigenvalue weighted by atomic mass is 127. The van der Waals surface area contributed by atoms with Gasteiger partial charge in [-0.3, -0.25) is 4.99 Å². The van der Waals surface area contributed by atoms with Gasteiger partial charge in [0, 0.05) is 29.3 Å². The van der Waals surface area contributed by atoms with Crippen LogP contribution in [0.3, 0.4) is 0 Å². The number of aliphatic imine (C=N–C) groups is 1.